The zero-order chi connectivity index (χ0) is 16.1. The SMILES string of the molecule is COc1ccc(CNc2cc(F)ccc2[N+](=O)[O-])cc1OC. The summed E-state index contributed by atoms with van der Waals surface area (Å²) in [4.78, 5) is 10.4. The first-order chi connectivity index (χ1) is 10.5. The minimum Gasteiger partial charge on any atom is -0.493 e. The number of anilines is 1. The minimum absolute atomic E-state index is 0.125. The lowest BCUT2D eigenvalue weighted by Crippen LogP contribution is -2.03. The van der Waals surface area contributed by atoms with Crippen LogP contribution in [0.15, 0.2) is 36.4 Å². The van der Waals surface area contributed by atoms with Crippen molar-refractivity contribution in [3.8, 4) is 11.5 Å². The van der Waals surface area contributed by atoms with Crippen molar-refractivity contribution in [2.75, 3.05) is 19.5 Å². The van der Waals surface area contributed by atoms with Crippen LogP contribution in [0.25, 0.3) is 0 Å². The Hall–Kier alpha value is -2.83. The number of benzene rings is 2. The van der Waals surface area contributed by atoms with E-state index in [0.29, 0.717) is 11.5 Å². The highest BCUT2D eigenvalue weighted by Crippen LogP contribution is 2.29. The predicted octanol–water partition coefficient (Wildman–Crippen LogP) is 3.36. The number of methoxy groups -OCH3 is 2. The first-order valence-electron chi connectivity index (χ1n) is 6.44. The van der Waals surface area contributed by atoms with E-state index in [0.717, 1.165) is 23.8 Å². The van der Waals surface area contributed by atoms with Gasteiger partial charge in [-0.1, -0.05) is 6.07 Å². The average molecular weight is 306 g/mol. The number of hydrogen-bond donors (Lipinski definition) is 1. The summed E-state index contributed by atoms with van der Waals surface area (Å²) in [5, 5.41) is 13.8. The second-order valence-corrected chi connectivity index (χ2v) is 4.46. The largest absolute Gasteiger partial charge is 0.493 e. The van der Waals surface area contributed by atoms with E-state index in [9.17, 15) is 14.5 Å². The number of nitro benzene ring substituents is 1. The highest BCUT2D eigenvalue weighted by Gasteiger charge is 2.14. The van der Waals surface area contributed by atoms with Crippen LogP contribution in [0.5, 0.6) is 11.5 Å². The molecule has 0 spiro atoms. The van der Waals surface area contributed by atoms with Gasteiger partial charge in [0.25, 0.3) is 5.69 Å². The summed E-state index contributed by atoms with van der Waals surface area (Å²) in [6.07, 6.45) is 0. The Morgan fingerprint density at radius 3 is 2.50 bits per heavy atom. The van der Waals surface area contributed by atoms with Gasteiger partial charge in [-0.05, 0) is 23.8 Å². The minimum atomic E-state index is -0.559. The van der Waals surface area contributed by atoms with Gasteiger partial charge in [-0.15, -0.1) is 0 Å². The van der Waals surface area contributed by atoms with Gasteiger partial charge >= 0.3 is 0 Å². The molecule has 1 N–H and O–H groups in total. The van der Waals surface area contributed by atoms with E-state index >= 15 is 0 Å². The van der Waals surface area contributed by atoms with Crippen molar-refractivity contribution < 1.29 is 18.8 Å². The summed E-state index contributed by atoms with van der Waals surface area (Å²) >= 11 is 0. The molecule has 0 aliphatic carbocycles. The van der Waals surface area contributed by atoms with Gasteiger partial charge in [-0.2, -0.15) is 0 Å². The quantitative estimate of drug-likeness (QED) is 0.654. The lowest BCUT2D eigenvalue weighted by molar-refractivity contribution is -0.384. The number of halogens is 1. The molecule has 2 aromatic rings. The maximum atomic E-state index is 13.3. The molecule has 0 aliphatic rings. The molecule has 2 aromatic carbocycles. The molecule has 0 atom stereocenters. The topological polar surface area (TPSA) is 73.6 Å². The smallest absolute Gasteiger partial charge is 0.292 e. The summed E-state index contributed by atoms with van der Waals surface area (Å²) in [6, 6.07) is 8.55. The molecule has 7 heteroatoms. The van der Waals surface area contributed by atoms with E-state index in [1.165, 1.54) is 14.2 Å². The van der Waals surface area contributed by atoms with Crippen molar-refractivity contribution in [3.63, 3.8) is 0 Å². The van der Waals surface area contributed by atoms with Crippen molar-refractivity contribution in [3.05, 3.63) is 57.9 Å². The number of nitrogens with one attached hydrogen (secondary N) is 1. The average Bonchev–Trinajstić information content (AvgIpc) is 2.52. The van der Waals surface area contributed by atoms with E-state index in [2.05, 4.69) is 5.32 Å². The molecule has 0 heterocycles. The summed E-state index contributed by atoms with van der Waals surface area (Å²) < 4.78 is 23.6. The van der Waals surface area contributed by atoms with Gasteiger partial charge in [0.15, 0.2) is 11.5 Å². The lowest BCUT2D eigenvalue weighted by Gasteiger charge is -2.11. The molecule has 6 nitrogen and oxygen atoms in total. The Balaban J connectivity index is 2.20. The molecule has 22 heavy (non-hydrogen) atoms. The van der Waals surface area contributed by atoms with Gasteiger partial charge in [0, 0.05) is 18.7 Å². The third-order valence-corrected chi connectivity index (χ3v) is 3.09. The third kappa shape index (κ3) is 3.43. The molecule has 0 bridgehead atoms. The molecule has 0 saturated heterocycles. The van der Waals surface area contributed by atoms with Crippen LogP contribution in [0.4, 0.5) is 15.8 Å². The summed E-state index contributed by atoms with van der Waals surface area (Å²) in [5.41, 5.74) is 0.762. The third-order valence-electron chi connectivity index (χ3n) is 3.09. The zero-order valence-corrected chi connectivity index (χ0v) is 12.1. The van der Waals surface area contributed by atoms with Crippen molar-refractivity contribution >= 4 is 11.4 Å². The Morgan fingerprint density at radius 2 is 1.86 bits per heavy atom. The van der Waals surface area contributed by atoms with Crippen molar-refractivity contribution in [1.82, 2.24) is 0 Å². The Kier molecular flexibility index (Phi) is 4.77. The molecule has 0 aromatic heterocycles. The van der Waals surface area contributed by atoms with Gasteiger partial charge in [-0.25, -0.2) is 4.39 Å². The van der Waals surface area contributed by atoms with Crippen molar-refractivity contribution in [1.29, 1.82) is 0 Å². The fourth-order valence-electron chi connectivity index (χ4n) is 2.00. The monoisotopic (exact) mass is 306 g/mol. The van der Waals surface area contributed by atoms with Gasteiger partial charge in [0.1, 0.15) is 11.5 Å². The molecule has 0 unspecified atom stereocenters. The van der Waals surface area contributed by atoms with Crippen LogP contribution in [0, 0.1) is 15.9 Å². The van der Waals surface area contributed by atoms with Gasteiger partial charge in [0.05, 0.1) is 19.1 Å². The summed E-state index contributed by atoms with van der Waals surface area (Å²) in [5.74, 6) is 0.596. The van der Waals surface area contributed by atoms with E-state index < -0.39 is 10.7 Å². The van der Waals surface area contributed by atoms with Gasteiger partial charge in [-0.3, -0.25) is 10.1 Å². The Labute approximate surface area is 126 Å². The molecule has 0 amide bonds. The maximum Gasteiger partial charge on any atom is 0.292 e. The van der Waals surface area contributed by atoms with E-state index in [1.54, 1.807) is 18.2 Å². The van der Waals surface area contributed by atoms with Crippen molar-refractivity contribution in [2.24, 2.45) is 0 Å². The lowest BCUT2D eigenvalue weighted by atomic mass is 10.2. The van der Waals surface area contributed by atoms with E-state index in [-0.39, 0.29) is 17.9 Å². The van der Waals surface area contributed by atoms with Crippen LogP contribution in [0.2, 0.25) is 0 Å². The zero-order valence-electron chi connectivity index (χ0n) is 12.1. The Bertz CT molecular complexity index is 691. The highest BCUT2D eigenvalue weighted by atomic mass is 19.1. The molecule has 0 radical (unpaired) electrons. The number of hydrogen-bond acceptors (Lipinski definition) is 5. The fraction of sp³-hybridized carbons (Fsp3) is 0.200. The number of nitrogens with zero attached hydrogens (tertiary/aromatic N) is 1. The highest BCUT2D eigenvalue weighted by molar-refractivity contribution is 5.61. The first-order valence-corrected chi connectivity index (χ1v) is 6.44. The normalized spacial score (nSPS) is 10.1. The summed E-state index contributed by atoms with van der Waals surface area (Å²) in [6.45, 7) is 0.282. The van der Waals surface area contributed by atoms with Crippen LogP contribution >= 0.6 is 0 Å². The van der Waals surface area contributed by atoms with Crippen LogP contribution in [-0.4, -0.2) is 19.1 Å². The predicted molar refractivity (Wildman–Crippen MR) is 79.9 cm³/mol. The maximum absolute atomic E-state index is 13.3. The molecular weight excluding hydrogens is 291 g/mol. The number of ether oxygens (including phenoxy) is 2. The van der Waals surface area contributed by atoms with E-state index in [4.69, 9.17) is 9.47 Å². The van der Waals surface area contributed by atoms with E-state index in [1.807, 2.05) is 0 Å². The molecule has 0 saturated carbocycles. The summed E-state index contributed by atoms with van der Waals surface area (Å²) in [7, 11) is 3.05. The second kappa shape index (κ2) is 6.75. The number of nitro groups is 1. The van der Waals surface area contributed by atoms with Crippen LogP contribution in [0.3, 0.4) is 0 Å². The molecular formula is C15H15FN2O4. The molecule has 0 fully saturated rings. The van der Waals surface area contributed by atoms with Crippen molar-refractivity contribution in [2.45, 2.75) is 6.54 Å². The molecule has 2 rings (SSSR count). The van der Waals surface area contributed by atoms with Crippen LogP contribution in [0.1, 0.15) is 5.56 Å². The van der Waals surface area contributed by atoms with Gasteiger partial charge < -0.3 is 14.8 Å². The van der Waals surface area contributed by atoms with Crippen LogP contribution in [-0.2, 0) is 6.54 Å². The van der Waals surface area contributed by atoms with Crippen LogP contribution < -0.4 is 14.8 Å². The van der Waals surface area contributed by atoms with Gasteiger partial charge in [0.2, 0.25) is 0 Å². The number of rotatable bonds is 6. The first kappa shape index (κ1) is 15.6. The molecule has 116 valence electrons. The Morgan fingerprint density at radius 1 is 1.14 bits per heavy atom. The standard InChI is InChI=1S/C15H15FN2O4/c1-21-14-6-3-10(7-15(14)22-2)9-17-12-8-11(16)4-5-13(12)18(19)20/h3-8,17H,9H2,1-2H3. The molecule has 0 aliphatic heterocycles. The second-order valence-electron chi connectivity index (χ2n) is 4.46. The fourth-order valence-corrected chi connectivity index (χ4v) is 2.00.